The van der Waals surface area contributed by atoms with Gasteiger partial charge in [0.1, 0.15) is 18.4 Å². The van der Waals surface area contributed by atoms with E-state index in [1.165, 1.54) is 0 Å². The average molecular weight is 285 g/mol. The highest BCUT2D eigenvalue weighted by Gasteiger charge is 2.40. The first-order chi connectivity index (χ1) is 10.3. The zero-order chi connectivity index (χ0) is 14.7. The lowest BCUT2D eigenvalue weighted by Gasteiger charge is -2.35. The van der Waals surface area contributed by atoms with E-state index in [2.05, 4.69) is 16.3 Å². The molecule has 0 radical (unpaired) electrons. The van der Waals surface area contributed by atoms with Gasteiger partial charge in [-0.05, 0) is 31.5 Å². The van der Waals surface area contributed by atoms with Crippen molar-refractivity contribution >= 4 is 5.91 Å². The van der Waals surface area contributed by atoms with Crippen LogP contribution in [0.1, 0.15) is 18.4 Å². The van der Waals surface area contributed by atoms with E-state index in [0.29, 0.717) is 24.0 Å². The van der Waals surface area contributed by atoms with Crippen LogP contribution >= 0.6 is 0 Å². The third-order valence-corrected chi connectivity index (χ3v) is 4.36. The maximum Gasteiger partial charge on any atom is 0.224 e. The van der Waals surface area contributed by atoms with Crippen LogP contribution in [-0.2, 0) is 4.79 Å². The molecule has 1 N–H and O–H groups in total. The van der Waals surface area contributed by atoms with Crippen molar-refractivity contribution in [2.45, 2.75) is 18.9 Å². The van der Waals surface area contributed by atoms with E-state index in [1.54, 1.807) is 6.07 Å². The van der Waals surface area contributed by atoms with E-state index in [4.69, 9.17) is 10.00 Å². The first kappa shape index (κ1) is 13.9. The molecule has 110 valence electrons. The molecule has 0 saturated carbocycles. The molecular weight excluding hydrogens is 266 g/mol. The predicted octanol–water partition coefficient (Wildman–Crippen LogP) is 1.15. The molecule has 2 unspecified atom stereocenters. The van der Waals surface area contributed by atoms with Crippen LogP contribution in [-0.4, -0.2) is 43.1 Å². The van der Waals surface area contributed by atoms with Crippen LogP contribution in [0.15, 0.2) is 24.3 Å². The minimum Gasteiger partial charge on any atom is -0.491 e. The van der Waals surface area contributed by atoms with E-state index in [9.17, 15) is 4.79 Å². The Balaban J connectivity index is 1.56. The normalized spacial score (nSPS) is 25.0. The lowest BCUT2D eigenvalue weighted by molar-refractivity contribution is -0.124. The van der Waals surface area contributed by atoms with Gasteiger partial charge in [0.05, 0.1) is 11.5 Å². The number of nitriles is 1. The van der Waals surface area contributed by atoms with Crippen molar-refractivity contribution in [1.82, 2.24) is 10.2 Å². The monoisotopic (exact) mass is 285 g/mol. The lowest BCUT2D eigenvalue weighted by Crippen LogP contribution is -2.47. The smallest absolute Gasteiger partial charge is 0.224 e. The molecule has 2 saturated heterocycles. The fraction of sp³-hybridized carbons (Fsp3) is 0.500. The first-order valence-electron chi connectivity index (χ1n) is 7.43. The zero-order valence-corrected chi connectivity index (χ0v) is 11.9. The van der Waals surface area contributed by atoms with Crippen molar-refractivity contribution in [2.75, 3.05) is 26.2 Å². The number of nitrogens with zero attached hydrogens (tertiary/aromatic N) is 2. The Morgan fingerprint density at radius 1 is 1.43 bits per heavy atom. The Morgan fingerprint density at radius 3 is 3.14 bits per heavy atom. The van der Waals surface area contributed by atoms with Gasteiger partial charge in [-0.25, -0.2) is 0 Å². The molecule has 2 atom stereocenters. The number of fused-ring (bicyclic) bond motifs is 1. The standard InChI is InChI=1S/C16H19N3O2/c17-10-12-4-1-2-6-15(12)21-9-8-19-7-3-5-13-14(19)11-18-16(13)20/h1-2,4,6,13-14H,3,5,7-9,11H2,(H,18,20). The highest BCUT2D eigenvalue weighted by Crippen LogP contribution is 2.27. The molecule has 0 aromatic heterocycles. The number of likely N-dealkylation sites (tertiary alicyclic amines) is 1. The molecule has 2 fully saturated rings. The van der Waals surface area contributed by atoms with Crippen LogP contribution < -0.4 is 10.1 Å². The van der Waals surface area contributed by atoms with Gasteiger partial charge in [0, 0.05) is 19.1 Å². The molecule has 1 aromatic rings. The van der Waals surface area contributed by atoms with Crippen LogP contribution in [0.25, 0.3) is 0 Å². The summed E-state index contributed by atoms with van der Waals surface area (Å²) in [6.07, 6.45) is 2.05. The number of para-hydroxylation sites is 1. The fourth-order valence-electron chi connectivity index (χ4n) is 3.28. The van der Waals surface area contributed by atoms with Crippen molar-refractivity contribution in [1.29, 1.82) is 5.26 Å². The third kappa shape index (κ3) is 2.86. The Hall–Kier alpha value is -2.06. The highest BCUT2D eigenvalue weighted by atomic mass is 16.5. The number of carbonyl (C=O) groups is 1. The maximum absolute atomic E-state index is 11.7. The minimum atomic E-state index is 0.144. The molecule has 5 nitrogen and oxygen atoms in total. The van der Waals surface area contributed by atoms with Crippen molar-refractivity contribution in [2.24, 2.45) is 5.92 Å². The number of hydrogen-bond donors (Lipinski definition) is 1. The summed E-state index contributed by atoms with van der Waals surface area (Å²) < 4.78 is 5.74. The van der Waals surface area contributed by atoms with Crippen LogP contribution in [0.2, 0.25) is 0 Å². The summed E-state index contributed by atoms with van der Waals surface area (Å²) >= 11 is 0. The van der Waals surface area contributed by atoms with Gasteiger partial charge in [-0.1, -0.05) is 12.1 Å². The summed E-state index contributed by atoms with van der Waals surface area (Å²) in [6, 6.07) is 9.71. The largest absolute Gasteiger partial charge is 0.491 e. The number of ether oxygens (including phenoxy) is 1. The number of hydrogen-bond acceptors (Lipinski definition) is 4. The topological polar surface area (TPSA) is 65.4 Å². The number of amides is 1. The van der Waals surface area contributed by atoms with E-state index in [0.717, 1.165) is 32.5 Å². The van der Waals surface area contributed by atoms with E-state index in [1.807, 2.05) is 18.2 Å². The second-order valence-corrected chi connectivity index (χ2v) is 5.55. The van der Waals surface area contributed by atoms with Crippen LogP contribution in [0.5, 0.6) is 5.75 Å². The Kier molecular flexibility index (Phi) is 4.07. The number of piperidine rings is 1. The molecule has 3 rings (SSSR count). The lowest BCUT2D eigenvalue weighted by atomic mass is 9.91. The number of carbonyl (C=O) groups excluding carboxylic acids is 1. The molecular formula is C16H19N3O2. The number of rotatable bonds is 4. The van der Waals surface area contributed by atoms with Gasteiger partial charge in [-0.15, -0.1) is 0 Å². The first-order valence-corrected chi connectivity index (χ1v) is 7.43. The van der Waals surface area contributed by atoms with E-state index < -0.39 is 0 Å². The minimum absolute atomic E-state index is 0.144. The van der Waals surface area contributed by atoms with Crippen molar-refractivity contribution in [3.8, 4) is 11.8 Å². The predicted molar refractivity (Wildman–Crippen MR) is 77.7 cm³/mol. The SMILES string of the molecule is N#Cc1ccccc1OCCN1CCCC2C(=O)NCC21. The molecule has 2 aliphatic rings. The van der Waals surface area contributed by atoms with Gasteiger partial charge < -0.3 is 10.1 Å². The van der Waals surface area contributed by atoms with Gasteiger partial charge in [-0.2, -0.15) is 5.26 Å². The third-order valence-electron chi connectivity index (χ3n) is 4.36. The molecule has 1 aromatic carbocycles. The summed E-state index contributed by atoms with van der Waals surface area (Å²) in [4.78, 5) is 14.1. The van der Waals surface area contributed by atoms with Gasteiger partial charge in [0.25, 0.3) is 0 Å². The Labute approximate surface area is 124 Å². The maximum atomic E-state index is 11.7. The van der Waals surface area contributed by atoms with Crippen LogP contribution in [0.3, 0.4) is 0 Å². The van der Waals surface area contributed by atoms with Gasteiger partial charge in [-0.3, -0.25) is 9.69 Å². The summed E-state index contributed by atoms with van der Waals surface area (Å²) in [5, 5.41) is 12.0. The Bertz CT molecular complexity index is 567. The summed E-state index contributed by atoms with van der Waals surface area (Å²) in [7, 11) is 0. The molecule has 0 aliphatic carbocycles. The number of nitrogens with one attached hydrogen (secondary N) is 1. The highest BCUT2D eigenvalue weighted by molar-refractivity contribution is 5.82. The zero-order valence-electron chi connectivity index (χ0n) is 11.9. The van der Waals surface area contributed by atoms with Crippen molar-refractivity contribution < 1.29 is 9.53 Å². The van der Waals surface area contributed by atoms with E-state index in [-0.39, 0.29) is 11.8 Å². The molecule has 2 heterocycles. The van der Waals surface area contributed by atoms with Crippen molar-refractivity contribution in [3.63, 3.8) is 0 Å². The molecule has 2 aliphatic heterocycles. The van der Waals surface area contributed by atoms with E-state index >= 15 is 0 Å². The quantitative estimate of drug-likeness (QED) is 0.901. The fourth-order valence-corrected chi connectivity index (χ4v) is 3.28. The molecule has 21 heavy (non-hydrogen) atoms. The van der Waals surface area contributed by atoms with Gasteiger partial charge in [0.2, 0.25) is 5.91 Å². The summed E-state index contributed by atoms with van der Waals surface area (Å²) in [6.45, 7) is 3.09. The second kappa shape index (κ2) is 6.15. The molecule has 1 amide bonds. The molecule has 5 heteroatoms. The number of benzene rings is 1. The van der Waals surface area contributed by atoms with Crippen LogP contribution in [0, 0.1) is 17.2 Å². The summed E-state index contributed by atoms with van der Waals surface area (Å²) in [5.41, 5.74) is 0.562. The van der Waals surface area contributed by atoms with Gasteiger partial charge >= 0.3 is 0 Å². The second-order valence-electron chi connectivity index (χ2n) is 5.55. The average Bonchev–Trinajstić information content (AvgIpc) is 2.90. The van der Waals surface area contributed by atoms with Gasteiger partial charge in [0.15, 0.2) is 0 Å². The molecule has 0 spiro atoms. The molecule has 0 bridgehead atoms. The Morgan fingerprint density at radius 2 is 2.29 bits per heavy atom. The summed E-state index contributed by atoms with van der Waals surface area (Å²) in [5.74, 6) is 0.972. The van der Waals surface area contributed by atoms with Crippen molar-refractivity contribution in [3.05, 3.63) is 29.8 Å². The van der Waals surface area contributed by atoms with Crippen LogP contribution in [0.4, 0.5) is 0 Å².